The number of hydrazone groups is 1. The van der Waals surface area contributed by atoms with E-state index in [-0.39, 0.29) is 5.75 Å². The number of amides is 1. The summed E-state index contributed by atoms with van der Waals surface area (Å²) in [6.07, 6.45) is 2.95. The number of carbonyl (C=O) groups is 1. The van der Waals surface area contributed by atoms with Crippen molar-refractivity contribution in [1.82, 2.24) is 14.8 Å². The number of nitrogens with one attached hydrogen (secondary N) is 1. The Hall–Kier alpha value is -3.06. The molecule has 7 nitrogen and oxygen atoms in total. The minimum absolute atomic E-state index is 0.0548. The van der Waals surface area contributed by atoms with Crippen LogP contribution in [0.15, 0.2) is 41.6 Å². The fourth-order valence-corrected chi connectivity index (χ4v) is 2.59. The van der Waals surface area contributed by atoms with Crippen LogP contribution in [0.25, 0.3) is 5.65 Å². The van der Waals surface area contributed by atoms with Crippen LogP contribution < -0.4 is 10.2 Å². The molecule has 2 aromatic heterocycles. The smallest absolute Gasteiger partial charge is 0.290 e. The second-order valence-corrected chi connectivity index (χ2v) is 5.66. The van der Waals surface area contributed by atoms with E-state index in [1.54, 1.807) is 47.9 Å². The van der Waals surface area contributed by atoms with Gasteiger partial charge in [0.25, 0.3) is 5.91 Å². The molecule has 0 unspecified atom stereocenters. The van der Waals surface area contributed by atoms with Gasteiger partial charge in [0.1, 0.15) is 11.3 Å². The van der Waals surface area contributed by atoms with E-state index < -0.39 is 5.91 Å². The molecule has 0 saturated heterocycles. The first-order valence-corrected chi connectivity index (χ1v) is 7.72. The number of methoxy groups -OCH3 is 1. The first kappa shape index (κ1) is 16.8. The Morgan fingerprint density at radius 1 is 1.40 bits per heavy atom. The molecule has 0 spiro atoms. The molecule has 0 bridgehead atoms. The van der Waals surface area contributed by atoms with Crippen LogP contribution in [0.5, 0.6) is 11.5 Å². The molecule has 2 N–H and O–H groups in total. The number of benzene rings is 1. The number of phenols is 1. The van der Waals surface area contributed by atoms with Crippen LogP contribution in [0.2, 0.25) is 5.02 Å². The molecule has 8 heteroatoms. The maximum Gasteiger partial charge on any atom is 0.290 e. The van der Waals surface area contributed by atoms with Gasteiger partial charge in [-0.15, -0.1) is 0 Å². The molecule has 0 radical (unpaired) electrons. The summed E-state index contributed by atoms with van der Waals surface area (Å²) in [6.45, 7) is 1.73. The highest BCUT2D eigenvalue weighted by Gasteiger charge is 2.16. The minimum Gasteiger partial charge on any atom is -0.504 e. The highest BCUT2D eigenvalue weighted by Crippen LogP contribution is 2.27. The Morgan fingerprint density at radius 3 is 2.96 bits per heavy atom. The SMILES string of the molecule is COc1cccc(/C=N/NC(=O)c2c(C)nc3ccc(Cl)cn23)c1O. The molecule has 3 aromatic rings. The third kappa shape index (κ3) is 3.27. The predicted octanol–water partition coefficient (Wildman–Crippen LogP) is 2.77. The molecule has 0 saturated carbocycles. The Labute approximate surface area is 148 Å². The van der Waals surface area contributed by atoms with Crippen molar-refractivity contribution in [2.45, 2.75) is 6.92 Å². The van der Waals surface area contributed by atoms with Crippen LogP contribution in [-0.2, 0) is 0 Å². The van der Waals surface area contributed by atoms with Crippen molar-refractivity contribution in [3.63, 3.8) is 0 Å². The number of aryl methyl sites for hydroxylation is 1. The molecule has 128 valence electrons. The lowest BCUT2D eigenvalue weighted by Crippen LogP contribution is -2.20. The quantitative estimate of drug-likeness (QED) is 0.554. The number of ether oxygens (including phenoxy) is 1. The number of rotatable bonds is 4. The van der Waals surface area contributed by atoms with Gasteiger partial charge in [0.05, 0.1) is 24.0 Å². The van der Waals surface area contributed by atoms with Crippen LogP contribution in [-0.4, -0.2) is 33.7 Å². The van der Waals surface area contributed by atoms with Crippen molar-refractivity contribution < 1.29 is 14.6 Å². The number of para-hydroxylation sites is 1. The van der Waals surface area contributed by atoms with E-state index >= 15 is 0 Å². The lowest BCUT2D eigenvalue weighted by atomic mass is 10.2. The van der Waals surface area contributed by atoms with E-state index in [9.17, 15) is 9.90 Å². The van der Waals surface area contributed by atoms with Crippen LogP contribution in [0.3, 0.4) is 0 Å². The summed E-state index contributed by atoms with van der Waals surface area (Å²) in [5, 5.41) is 14.4. The van der Waals surface area contributed by atoms with Crippen LogP contribution >= 0.6 is 11.6 Å². The van der Waals surface area contributed by atoms with Gasteiger partial charge in [-0.05, 0) is 31.2 Å². The summed E-state index contributed by atoms with van der Waals surface area (Å²) in [4.78, 5) is 16.7. The number of pyridine rings is 1. The molecule has 0 aliphatic rings. The zero-order valence-electron chi connectivity index (χ0n) is 13.5. The fourth-order valence-electron chi connectivity index (χ4n) is 2.43. The fraction of sp³-hybridized carbons (Fsp3) is 0.118. The second-order valence-electron chi connectivity index (χ2n) is 5.22. The number of carbonyl (C=O) groups excluding carboxylic acids is 1. The summed E-state index contributed by atoms with van der Waals surface area (Å²) >= 11 is 5.99. The van der Waals surface area contributed by atoms with Crippen molar-refractivity contribution >= 4 is 29.4 Å². The van der Waals surface area contributed by atoms with Gasteiger partial charge in [-0.25, -0.2) is 10.4 Å². The summed E-state index contributed by atoms with van der Waals surface area (Å²) < 4.78 is 6.63. The highest BCUT2D eigenvalue weighted by atomic mass is 35.5. The Kier molecular flexibility index (Phi) is 4.58. The van der Waals surface area contributed by atoms with Gasteiger partial charge in [-0.3, -0.25) is 9.20 Å². The zero-order valence-corrected chi connectivity index (χ0v) is 14.3. The molecule has 3 rings (SSSR count). The summed E-state index contributed by atoms with van der Waals surface area (Å²) in [7, 11) is 1.45. The van der Waals surface area contributed by atoms with E-state index in [4.69, 9.17) is 16.3 Å². The van der Waals surface area contributed by atoms with Crippen molar-refractivity contribution in [3.8, 4) is 11.5 Å². The number of aromatic nitrogens is 2. The van der Waals surface area contributed by atoms with E-state index in [0.29, 0.717) is 33.4 Å². The summed E-state index contributed by atoms with van der Waals surface area (Å²) in [6, 6.07) is 8.40. The van der Waals surface area contributed by atoms with Crippen molar-refractivity contribution in [2.75, 3.05) is 7.11 Å². The van der Waals surface area contributed by atoms with E-state index in [0.717, 1.165) is 0 Å². The van der Waals surface area contributed by atoms with Gasteiger partial charge < -0.3 is 9.84 Å². The van der Waals surface area contributed by atoms with Gasteiger partial charge in [0.2, 0.25) is 0 Å². The Bertz CT molecular complexity index is 981. The molecule has 0 aliphatic carbocycles. The summed E-state index contributed by atoms with van der Waals surface area (Å²) in [5.41, 5.74) is 4.34. The first-order valence-electron chi connectivity index (χ1n) is 7.35. The second kappa shape index (κ2) is 6.82. The zero-order chi connectivity index (χ0) is 18.0. The highest BCUT2D eigenvalue weighted by molar-refractivity contribution is 6.30. The number of fused-ring (bicyclic) bond motifs is 1. The third-order valence-electron chi connectivity index (χ3n) is 3.59. The minimum atomic E-state index is -0.439. The number of hydrogen-bond acceptors (Lipinski definition) is 5. The standard InChI is InChI=1S/C17H15ClN4O3/c1-10-15(22-9-12(18)6-7-14(22)20-10)17(24)21-19-8-11-4-3-5-13(25-2)16(11)23/h3-9,23H,1-2H3,(H,21,24)/b19-8+. The Balaban J connectivity index is 1.84. The molecule has 0 atom stereocenters. The van der Waals surface area contributed by atoms with Gasteiger partial charge in [0, 0.05) is 11.8 Å². The molecular formula is C17H15ClN4O3. The van der Waals surface area contributed by atoms with E-state index in [1.807, 2.05) is 0 Å². The third-order valence-corrected chi connectivity index (χ3v) is 3.82. The number of phenolic OH excluding ortho intramolecular Hbond substituents is 1. The van der Waals surface area contributed by atoms with Crippen LogP contribution in [0.1, 0.15) is 21.7 Å². The predicted molar refractivity (Wildman–Crippen MR) is 94.7 cm³/mol. The molecule has 25 heavy (non-hydrogen) atoms. The molecular weight excluding hydrogens is 344 g/mol. The maximum absolute atomic E-state index is 12.4. The largest absolute Gasteiger partial charge is 0.504 e. The topological polar surface area (TPSA) is 88.2 Å². The summed E-state index contributed by atoms with van der Waals surface area (Å²) in [5.74, 6) is -0.172. The number of nitrogens with zero attached hydrogens (tertiary/aromatic N) is 3. The molecule has 2 heterocycles. The lowest BCUT2D eigenvalue weighted by molar-refractivity contribution is 0.0948. The molecule has 0 aliphatic heterocycles. The molecule has 0 fully saturated rings. The van der Waals surface area contributed by atoms with Gasteiger partial charge in [0.15, 0.2) is 11.5 Å². The molecule has 1 aromatic carbocycles. The monoisotopic (exact) mass is 358 g/mol. The normalized spacial score (nSPS) is 11.2. The average molecular weight is 359 g/mol. The Morgan fingerprint density at radius 2 is 2.20 bits per heavy atom. The number of aromatic hydroxyl groups is 1. The van der Waals surface area contributed by atoms with Crippen molar-refractivity contribution in [2.24, 2.45) is 5.10 Å². The number of imidazole rings is 1. The maximum atomic E-state index is 12.4. The number of hydrogen-bond donors (Lipinski definition) is 2. The first-order chi connectivity index (χ1) is 12.0. The van der Waals surface area contributed by atoms with Crippen molar-refractivity contribution in [1.29, 1.82) is 0 Å². The van der Waals surface area contributed by atoms with Gasteiger partial charge in [-0.1, -0.05) is 17.7 Å². The van der Waals surface area contributed by atoms with E-state index in [1.165, 1.54) is 13.3 Å². The average Bonchev–Trinajstić information content (AvgIpc) is 2.91. The van der Waals surface area contributed by atoms with Crippen molar-refractivity contribution in [3.05, 3.63) is 58.5 Å². The molecule has 1 amide bonds. The van der Waals surface area contributed by atoms with E-state index in [2.05, 4.69) is 15.5 Å². The number of halogens is 1. The van der Waals surface area contributed by atoms with Gasteiger partial charge in [-0.2, -0.15) is 5.10 Å². The van der Waals surface area contributed by atoms with Crippen LogP contribution in [0.4, 0.5) is 0 Å². The lowest BCUT2D eigenvalue weighted by Gasteiger charge is -2.05. The van der Waals surface area contributed by atoms with Crippen LogP contribution in [0, 0.1) is 6.92 Å². The van der Waals surface area contributed by atoms with Gasteiger partial charge >= 0.3 is 0 Å².